The minimum atomic E-state index is -0.356. The summed E-state index contributed by atoms with van der Waals surface area (Å²) in [7, 11) is 0. The van der Waals surface area contributed by atoms with Crippen LogP contribution in [0.2, 0.25) is 5.15 Å². The van der Waals surface area contributed by atoms with Crippen LogP contribution in [0.4, 0.5) is 0 Å². The second kappa shape index (κ2) is 6.90. The standard InChI is InChI=1S/C19H19ClN4O3/c1-19(2)8-14(24-11-23-15-16(20)21-10-22-17(15)24)27-13(19)9-26-18(25)12-6-4-3-5-7-12/h3-7,10-11,13-14H,8-9H2,1-2H3. The molecule has 2 aromatic heterocycles. The van der Waals surface area contributed by atoms with E-state index in [1.165, 1.54) is 6.33 Å². The van der Waals surface area contributed by atoms with Crippen LogP contribution in [0.1, 0.15) is 36.9 Å². The summed E-state index contributed by atoms with van der Waals surface area (Å²) in [5.74, 6) is -0.356. The highest BCUT2D eigenvalue weighted by Gasteiger charge is 2.43. The average Bonchev–Trinajstić information content (AvgIpc) is 3.22. The highest BCUT2D eigenvalue weighted by atomic mass is 35.5. The van der Waals surface area contributed by atoms with Crippen LogP contribution in [0.5, 0.6) is 0 Å². The molecule has 3 aromatic rings. The number of carbonyl (C=O) groups is 1. The first-order valence-corrected chi connectivity index (χ1v) is 9.04. The van der Waals surface area contributed by atoms with E-state index in [2.05, 4.69) is 28.8 Å². The summed E-state index contributed by atoms with van der Waals surface area (Å²) in [6.07, 6.45) is 3.28. The number of hydrogen-bond donors (Lipinski definition) is 0. The molecular weight excluding hydrogens is 368 g/mol. The quantitative estimate of drug-likeness (QED) is 0.503. The summed E-state index contributed by atoms with van der Waals surface area (Å²) in [5, 5.41) is 0.310. The van der Waals surface area contributed by atoms with Crippen molar-refractivity contribution < 1.29 is 14.3 Å². The molecule has 1 aliphatic rings. The lowest BCUT2D eigenvalue weighted by Crippen LogP contribution is -2.30. The minimum Gasteiger partial charge on any atom is -0.459 e. The average molecular weight is 387 g/mol. The van der Waals surface area contributed by atoms with Crippen LogP contribution >= 0.6 is 11.6 Å². The fourth-order valence-corrected chi connectivity index (χ4v) is 3.45. The fraction of sp³-hybridized carbons (Fsp3) is 0.368. The van der Waals surface area contributed by atoms with Gasteiger partial charge < -0.3 is 9.47 Å². The van der Waals surface area contributed by atoms with Crippen molar-refractivity contribution in [3.05, 3.63) is 53.7 Å². The first kappa shape index (κ1) is 17.9. The Labute approximate surface area is 161 Å². The van der Waals surface area contributed by atoms with Crippen molar-refractivity contribution in [3.63, 3.8) is 0 Å². The van der Waals surface area contributed by atoms with Crippen LogP contribution in [0.25, 0.3) is 11.2 Å². The maximum atomic E-state index is 12.2. The zero-order chi connectivity index (χ0) is 19.0. The van der Waals surface area contributed by atoms with Crippen LogP contribution in [-0.2, 0) is 9.47 Å². The highest BCUT2D eigenvalue weighted by molar-refractivity contribution is 6.33. The molecule has 0 saturated carbocycles. The zero-order valence-corrected chi connectivity index (χ0v) is 15.8. The number of fused-ring (bicyclic) bond motifs is 1. The van der Waals surface area contributed by atoms with Gasteiger partial charge in [0.2, 0.25) is 0 Å². The van der Waals surface area contributed by atoms with Gasteiger partial charge in [-0.1, -0.05) is 43.6 Å². The number of aromatic nitrogens is 4. The molecule has 1 aliphatic heterocycles. The Balaban J connectivity index is 1.49. The number of carbonyl (C=O) groups excluding carboxylic acids is 1. The van der Waals surface area contributed by atoms with Crippen molar-refractivity contribution in [2.75, 3.05) is 6.61 Å². The van der Waals surface area contributed by atoms with E-state index in [0.29, 0.717) is 21.9 Å². The Kier molecular flexibility index (Phi) is 4.57. The largest absolute Gasteiger partial charge is 0.459 e. The van der Waals surface area contributed by atoms with Gasteiger partial charge in [0.25, 0.3) is 0 Å². The maximum Gasteiger partial charge on any atom is 0.338 e. The van der Waals surface area contributed by atoms with Crippen LogP contribution in [0.3, 0.4) is 0 Å². The molecule has 0 bridgehead atoms. The van der Waals surface area contributed by atoms with Gasteiger partial charge >= 0.3 is 5.97 Å². The summed E-state index contributed by atoms with van der Waals surface area (Å²) >= 11 is 6.08. The van der Waals surface area contributed by atoms with E-state index < -0.39 is 0 Å². The van der Waals surface area contributed by atoms with Gasteiger partial charge in [0, 0.05) is 6.42 Å². The molecule has 0 spiro atoms. The van der Waals surface area contributed by atoms with E-state index in [4.69, 9.17) is 21.1 Å². The van der Waals surface area contributed by atoms with Gasteiger partial charge in [-0.2, -0.15) is 0 Å². The van der Waals surface area contributed by atoms with Crippen LogP contribution in [0.15, 0.2) is 43.0 Å². The second-order valence-corrected chi connectivity index (χ2v) is 7.58. The van der Waals surface area contributed by atoms with Crippen molar-refractivity contribution >= 4 is 28.7 Å². The Bertz CT molecular complexity index is 974. The van der Waals surface area contributed by atoms with Gasteiger partial charge in [0.15, 0.2) is 10.8 Å². The topological polar surface area (TPSA) is 79.1 Å². The first-order chi connectivity index (χ1) is 13.0. The number of rotatable bonds is 4. The van der Waals surface area contributed by atoms with E-state index in [9.17, 15) is 4.79 Å². The van der Waals surface area contributed by atoms with Gasteiger partial charge in [-0.05, 0) is 17.5 Å². The molecule has 2 unspecified atom stereocenters. The van der Waals surface area contributed by atoms with Gasteiger partial charge in [0.05, 0.1) is 18.0 Å². The van der Waals surface area contributed by atoms with Gasteiger partial charge in [-0.25, -0.2) is 19.7 Å². The van der Waals surface area contributed by atoms with Crippen molar-refractivity contribution in [2.24, 2.45) is 5.41 Å². The number of halogens is 1. The van der Waals surface area contributed by atoms with Crippen molar-refractivity contribution in [3.8, 4) is 0 Å². The molecule has 8 heteroatoms. The van der Waals surface area contributed by atoms with Crippen LogP contribution < -0.4 is 0 Å². The third-order valence-electron chi connectivity index (χ3n) is 4.89. The molecule has 140 valence electrons. The smallest absolute Gasteiger partial charge is 0.338 e. The molecule has 1 saturated heterocycles. The third-order valence-corrected chi connectivity index (χ3v) is 5.17. The number of imidazole rings is 1. The molecular formula is C19H19ClN4O3. The lowest BCUT2D eigenvalue weighted by Gasteiger charge is -2.24. The molecule has 0 amide bonds. The number of nitrogens with zero attached hydrogens (tertiary/aromatic N) is 4. The summed E-state index contributed by atoms with van der Waals surface area (Å²) < 4.78 is 13.5. The van der Waals surface area contributed by atoms with Crippen LogP contribution in [-0.4, -0.2) is 38.2 Å². The summed E-state index contributed by atoms with van der Waals surface area (Å²) in [4.78, 5) is 24.7. The lowest BCUT2D eigenvalue weighted by atomic mass is 9.85. The minimum absolute atomic E-state index is 0.180. The SMILES string of the molecule is CC1(C)CC(n2cnc3c(Cl)ncnc32)OC1COC(=O)c1ccccc1. The van der Waals surface area contributed by atoms with Gasteiger partial charge in [-0.3, -0.25) is 4.57 Å². The zero-order valence-electron chi connectivity index (χ0n) is 15.0. The van der Waals surface area contributed by atoms with E-state index in [1.54, 1.807) is 30.6 Å². The molecule has 0 N–H and O–H groups in total. The highest BCUT2D eigenvalue weighted by Crippen LogP contribution is 2.43. The normalized spacial score (nSPS) is 21.4. The molecule has 1 aromatic carbocycles. The molecule has 1 fully saturated rings. The van der Waals surface area contributed by atoms with E-state index >= 15 is 0 Å². The van der Waals surface area contributed by atoms with Gasteiger partial charge in [0.1, 0.15) is 24.7 Å². The molecule has 3 heterocycles. The summed E-state index contributed by atoms with van der Waals surface area (Å²) in [6, 6.07) is 8.93. The fourth-order valence-electron chi connectivity index (χ4n) is 3.28. The Morgan fingerprint density at radius 2 is 2.07 bits per heavy atom. The maximum absolute atomic E-state index is 12.2. The van der Waals surface area contributed by atoms with Crippen molar-refractivity contribution in [1.82, 2.24) is 19.5 Å². The van der Waals surface area contributed by atoms with E-state index in [0.717, 1.165) is 6.42 Å². The monoisotopic (exact) mass is 386 g/mol. The predicted octanol–water partition coefficient (Wildman–Crippen LogP) is 3.65. The molecule has 0 radical (unpaired) electrons. The molecule has 0 aliphatic carbocycles. The summed E-state index contributed by atoms with van der Waals surface area (Å²) in [5.41, 5.74) is 1.50. The second-order valence-electron chi connectivity index (χ2n) is 7.23. The van der Waals surface area contributed by atoms with Gasteiger partial charge in [-0.15, -0.1) is 0 Å². The number of benzene rings is 1. The Hall–Kier alpha value is -2.51. The first-order valence-electron chi connectivity index (χ1n) is 8.66. The predicted molar refractivity (Wildman–Crippen MR) is 99.4 cm³/mol. The summed E-state index contributed by atoms with van der Waals surface area (Å²) in [6.45, 7) is 4.36. The van der Waals surface area contributed by atoms with Crippen LogP contribution in [0, 0.1) is 5.41 Å². The van der Waals surface area contributed by atoms with Crippen molar-refractivity contribution in [2.45, 2.75) is 32.6 Å². The molecule has 27 heavy (non-hydrogen) atoms. The third kappa shape index (κ3) is 3.40. The number of esters is 1. The van der Waals surface area contributed by atoms with Crippen molar-refractivity contribution in [1.29, 1.82) is 0 Å². The van der Waals surface area contributed by atoms with E-state index in [-0.39, 0.29) is 30.3 Å². The number of ether oxygens (including phenoxy) is 2. The Morgan fingerprint density at radius 3 is 2.85 bits per heavy atom. The molecule has 7 nitrogen and oxygen atoms in total. The molecule has 4 rings (SSSR count). The lowest BCUT2D eigenvalue weighted by molar-refractivity contribution is -0.0482. The molecule has 2 atom stereocenters. The van der Waals surface area contributed by atoms with E-state index in [1.807, 2.05) is 10.6 Å². The number of hydrogen-bond acceptors (Lipinski definition) is 6. The Morgan fingerprint density at radius 1 is 1.30 bits per heavy atom.